The molecule has 1 aliphatic rings. The van der Waals surface area contributed by atoms with Crippen molar-refractivity contribution >= 4 is 0 Å². The van der Waals surface area contributed by atoms with Crippen molar-refractivity contribution in [1.29, 1.82) is 0 Å². The molecule has 0 radical (unpaired) electrons. The summed E-state index contributed by atoms with van der Waals surface area (Å²) in [5.41, 5.74) is 0. The topological polar surface area (TPSA) is 68.4 Å². The van der Waals surface area contributed by atoms with E-state index in [2.05, 4.69) is 10.1 Å². The van der Waals surface area contributed by atoms with Gasteiger partial charge in [0.1, 0.15) is 6.61 Å². The molecular weight excluding hydrogens is 196 g/mol. The van der Waals surface area contributed by atoms with Crippen LogP contribution in [-0.2, 0) is 11.3 Å². The molecule has 0 amide bonds. The van der Waals surface area contributed by atoms with E-state index in [9.17, 15) is 5.11 Å². The number of aliphatic hydroxyl groups is 1. The fourth-order valence-electron chi connectivity index (χ4n) is 1.94. The van der Waals surface area contributed by atoms with E-state index in [1.165, 1.54) is 0 Å². The molecule has 1 fully saturated rings. The number of aromatic nitrogens is 2. The average Bonchev–Trinajstić information content (AvgIpc) is 2.68. The van der Waals surface area contributed by atoms with Crippen LogP contribution in [0.25, 0.3) is 0 Å². The molecule has 1 N–H and O–H groups in total. The van der Waals surface area contributed by atoms with Gasteiger partial charge in [-0.15, -0.1) is 0 Å². The van der Waals surface area contributed by atoms with Crippen molar-refractivity contribution in [3.05, 3.63) is 11.7 Å². The summed E-state index contributed by atoms with van der Waals surface area (Å²) >= 11 is 0. The fraction of sp³-hybridized carbons (Fsp3) is 0.800. The average molecular weight is 212 g/mol. The molecule has 1 aliphatic carbocycles. The minimum atomic E-state index is -0.150. The summed E-state index contributed by atoms with van der Waals surface area (Å²) in [4.78, 5) is 4.26. The highest BCUT2D eigenvalue weighted by atomic mass is 16.5. The zero-order valence-corrected chi connectivity index (χ0v) is 8.85. The first-order chi connectivity index (χ1) is 7.29. The molecule has 1 saturated carbocycles. The molecule has 15 heavy (non-hydrogen) atoms. The quantitative estimate of drug-likeness (QED) is 0.816. The Balaban J connectivity index is 1.96. The molecule has 0 atom stereocenters. The van der Waals surface area contributed by atoms with Gasteiger partial charge >= 0.3 is 0 Å². The molecule has 84 valence electrons. The lowest BCUT2D eigenvalue weighted by molar-refractivity contribution is 0.116. The number of hydrogen-bond acceptors (Lipinski definition) is 5. The Labute approximate surface area is 88.4 Å². The lowest BCUT2D eigenvalue weighted by Crippen LogP contribution is -2.17. The van der Waals surface area contributed by atoms with E-state index in [-0.39, 0.29) is 6.10 Å². The second-order valence-corrected chi connectivity index (χ2v) is 3.99. The summed E-state index contributed by atoms with van der Waals surface area (Å²) in [6.07, 6.45) is 3.35. The maximum absolute atomic E-state index is 9.38. The summed E-state index contributed by atoms with van der Waals surface area (Å²) in [5.74, 6) is 1.60. The molecule has 1 aromatic rings. The standard InChI is InChI=1S/C10H16N2O3/c1-14-6-9-11-10(15-12-9)7-2-4-8(13)5-3-7/h7-8,13H,2-6H2,1H3. The van der Waals surface area contributed by atoms with Gasteiger partial charge in [-0.05, 0) is 25.7 Å². The van der Waals surface area contributed by atoms with Crippen molar-refractivity contribution in [3.63, 3.8) is 0 Å². The van der Waals surface area contributed by atoms with Crippen LogP contribution in [0.1, 0.15) is 43.3 Å². The molecule has 1 heterocycles. The van der Waals surface area contributed by atoms with E-state index in [1.54, 1.807) is 7.11 Å². The molecule has 5 nitrogen and oxygen atoms in total. The highest BCUT2D eigenvalue weighted by molar-refractivity contribution is 4.95. The van der Waals surface area contributed by atoms with Crippen LogP contribution < -0.4 is 0 Å². The molecule has 0 spiro atoms. The largest absolute Gasteiger partial charge is 0.393 e. The van der Waals surface area contributed by atoms with Crippen molar-refractivity contribution in [2.75, 3.05) is 7.11 Å². The zero-order chi connectivity index (χ0) is 10.7. The minimum Gasteiger partial charge on any atom is -0.393 e. The number of ether oxygens (including phenoxy) is 1. The molecule has 0 aromatic carbocycles. The number of rotatable bonds is 3. The van der Waals surface area contributed by atoms with Crippen molar-refractivity contribution in [2.45, 2.75) is 44.3 Å². The highest BCUT2D eigenvalue weighted by Crippen LogP contribution is 2.31. The van der Waals surface area contributed by atoms with Gasteiger partial charge in [0, 0.05) is 13.0 Å². The Hall–Kier alpha value is -0.940. The lowest BCUT2D eigenvalue weighted by Gasteiger charge is -2.22. The molecule has 0 unspecified atom stereocenters. The van der Waals surface area contributed by atoms with Crippen LogP contribution in [0.3, 0.4) is 0 Å². The predicted molar refractivity (Wildman–Crippen MR) is 52.2 cm³/mol. The molecule has 5 heteroatoms. The summed E-state index contributed by atoms with van der Waals surface area (Å²) in [7, 11) is 1.60. The van der Waals surface area contributed by atoms with Gasteiger partial charge in [0.05, 0.1) is 6.10 Å². The smallest absolute Gasteiger partial charge is 0.229 e. The zero-order valence-electron chi connectivity index (χ0n) is 8.85. The molecule has 2 rings (SSSR count). The van der Waals surface area contributed by atoms with Gasteiger partial charge in [-0.2, -0.15) is 4.98 Å². The van der Waals surface area contributed by atoms with Gasteiger partial charge in [-0.1, -0.05) is 5.16 Å². The number of aliphatic hydroxyl groups excluding tert-OH is 1. The van der Waals surface area contributed by atoms with Gasteiger partial charge in [0.2, 0.25) is 5.89 Å². The molecule has 1 aromatic heterocycles. The van der Waals surface area contributed by atoms with Crippen LogP contribution in [0.5, 0.6) is 0 Å². The highest BCUT2D eigenvalue weighted by Gasteiger charge is 2.25. The van der Waals surface area contributed by atoms with Crippen LogP contribution in [0.15, 0.2) is 4.52 Å². The van der Waals surface area contributed by atoms with E-state index in [1.807, 2.05) is 0 Å². The first-order valence-corrected chi connectivity index (χ1v) is 5.29. The van der Waals surface area contributed by atoms with Crippen molar-refractivity contribution in [3.8, 4) is 0 Å². The van der Waals surface area contributed by atoms with Crippen LogP contribution in [0, 0.1) is 0 Å². The third kappa shape index (κ3) is 2.54. The van der Waals surface area contributed by atoms with Crippen molar-refractivity contribution in [2.24, 2.45) is 0 Å². The maximum Gasteiger partial charge on any atom is 0.229 e. The van der Waals surface area contributed by atoms with E-state index in [4.69, 9.17) is 9.26 Å². The summed E-state index contributed by atoms with van der Waals surface area (Å²) in [6.45, 7) is 0.388. The van der Waals surface area contributed by atoms with Crippen LogP contribution in [0.4, 0.5) is 0 Å². The van der Waals surface area contributed by atoms with Gasteiger partial charge in [0.25, 0.3) is 0 Å². The Kier molecular flexibility index (Phi) is 3.33. The first kappa shape index (κ1) is 10.6. The monoisotopic (exact) mass is 212 g/mol. The summed E-state index contributed by atoms with van der Waals surface area (Å²) in [6, 6.07) is 0. The first-order valence-electron chi connectivity index (χ1n) is 5.29. The molecule has 0 aliphatic heterocycles. The van der Waals surface area contributed by atoms with Crippen LogP contribution in [-0.4, -0.2) is 28.5 Å². The van der Waals surface area contributed by atoms with Gasteiger partial charge in [-0.3, -0.25) is 0 Å². The summed E-state index contributed by atoms with van der Waals surface area (Å²) in [5, 5.41) is 13.2. The van der Waals surface area contributed by atoms with Gasteiger partial charge in [-0.25, -0.2) is 0 Å². The SMILES string of the molecule is COCc1noc(C2CCC(O)CC2)n1. The Morgan fingerprint density at radius 2 is 2.13 bits per heavy atom. The third-order valence-corrected chi connectivity index (χ3v) is 2.80. The van der Waals surface area contributed by atoms with Crippen molar-refractivity contribution < 1.29 is 14.4 Å². The van der Waals surface area contributed by atoms with Gasteiger partial charge < -0.3 is 14.4 Å². The minimum absolute atomic E-state index is 0.150. The molecule has 0 saturated heterocycles. The van der Waals surface area contributed by atoms with Crippen LogP contribution in [0.2, 0.25) is 0 Å². The Morgan fingerprint density at radius 3 is 2.80 bits per heavy atom. The number of methoxy groups -OCH3 is 1. The van der Waals surface area contributed by atoms with Crippen LogP contribution >= 0.6 is 0 Å². The third-order valence-electron chi connectivity index (χ3n) is 2.80. The van der Waals surface area contributed by atoms with E-state index < -0.39 is 0 Å². The second-order valence-electron chi connectivity index (χ2n) is 3.99. The normalized spacial score (nSPS) is 26.8. The van der Waals surface area contributed by atoms with Crippen molar-refractivity contribution in [1.82, 2.24) is 10.1 Å². The predicted octanol–water partition coefficient (Wildman–Crippen LogP) is 1.23. The lowest BCUT2D eigenvalue weighted by atomic mass is 9.87. The van der Waals surface area contributed by atoms with E-state index in [0.29, 0.717) is 24.2 Å². The fourth-order valence-corrected chi connectivity index (χ4v) is 1.94. The summed E-state index contributed by atoms with van der Waals surface area (Å²) < 4.78 is 10.1. The maximum atomic E-state index is 9.38. The second kappa shape index (κ2) is 4.72. The number of nitrogens with zero attached hydrogens (tertiary/aromatic N) is 2. The Morgan fingerprint density at radius 1 is 1.40 bits per heavy atom. The molecular formula is C10H16N2O3. The van der Waals surface area contributed by atoms with E-state index in [0.717, 1.165) is 25.7 Å². The van der Waals surface area contributed by atoms with Gasteiger partial charge in [0.15, 0.2) is 5.82 Å². The molecule has 0 bridgehead atoms. The van der Waals surface area contributed by atoms with E-state index >= 15 is 0 Å². The number of hydrogen-bond donors (Lipinski definition) is 1. The Bertz CT molecular complexity index is 305.